The molecular formula is C22H21N5O2. The third kappa shape index (κ3) is 4.08. The molecule has 0 bridgehead atoms. The molecule has 2 heterocycles. The second-order valence-electron chi connectivity index (χ2n) is 6.95. The lowest BCUT2D eigenvalue weighted by atomic mass is 10.1. The van der Waals surface area contributed by atoms with Gasteiger partial charge in [0.1, 0.15) is 12.1 Å². The lowest BCUT2D eigenvalue weighted by Gasteiger charge is -2.14. The van der Waals surface area contributed by atoms with Crippen LogP contribution < -0.4 is 16.0 Å². The van der Waals surface area contributed by atoms with Gasteiger partial charge in [-0.05, 0) is 54.8 Å². The molecule has 0 aliphatic carbocycles. The van der Waals surface area contributed by atoms with Gasteiger partial charge in [0.05, 0.1) is 6.42 Å². The van der Waals surface area contributed by atoms with Gasteiger partial charge in [0, 0.05) is 34.4 Å². The maximum absolute atomic E-state index is 12.8. The number of nitrogens with zero attached hydrogens (tertiary/aromatic N) is 2. The number of rotatable bonds is 5. The molecule has 0 spiro atoms. The molecule has 146 valence electrons. The van der Waals surface area contributed by atoms with E-state index in [9.17, 15) is 9.59 Å². The van der Waals surface area contributed by atoms with Crippen molar-refractivity contribution in [3.8, 4) is 0 Å². The highest BCUT2D eigenvalue weighted by molar-refractivity contribution is 6.07. The standard InChI is InChI=1S/C22H21N5O2/c1-3-14-4-6-17(25-20-8-13(2)23-12-24-20)11-19(14)27-22(29)15-5-7-18-16(9-15)10-21(28)26-18/h4-9,11-12H,3,10H2,1-2H3,(H,26,28)(H,27,29)(H,23,24,25). The van der Waals surface area contributed by atoms with Gasteiger partial charge in [-0.3, -0.25) is 9.59 Å². The zero-order chi connectivity index (χ0) is 20.4. The van der Waals surface area contributed by atoms with E-state index in [2.05, 4.69) is 25.9 Å². The molecule has 1 aromatic heterocycles. The molecular weight excluding hydrogens is 366 g/mol. The van der Waals surface area contributed by atoms with Gasteiger partial charge < -0.3 is 16.0 Å². The number of anilines is 4. The van der Waals surface area contributed by atoms with Gasteiger partial charge >= 0.3 is 0 Å². The summed E-state index contributed by atoms with van der Waals surface area (Å²) in [6.45, 7) is 3.94. The van der Waals surface area contributed by atoms with Gasteiger partial charge in [0.15, 0.2) is 0 Å². The number of nitrogens with one attached hydrogen (secondary N) is 3. The average Bonchev–Trinajstić information content (AvgIpc) is 3.07. The van der Waals surface area contributed by atoms with Crippen molar-refractivity contribution in [3.05, 3.63) is 71.2 Å². The molecule has 7 heteroatoms. The zero-order valence-electron chi connectivity index (χ0n) is 16.2. The first kappa shape index (κ1) is 18.6. The van der Waals surface area contributed by atoms with E-state index in [1.54, 1.807) is 18.2 Å². The van der Waals surface area contributed by atoms with Crippen LogP contribution in [0.2, 0.25) is 0 Å². The second kappa shape index (κ2) is 7.71. The average molecular weight is 387 g/mol. The highest BCUT2D eigenvalue weighted by Gasteiger charge is 2.19. The summed E-state index contributed by atoms with van der Waals surface area (Å²) in [7, 11) is 0. The van der Waals surface area contributed by atoms with E-state index in [-0.39, 0.29) is 11.8 Å². The number of amides is 2. The number of carbonyl (C=O) groups excluding carboxylic acids is 2. The van der Waals surface area contributed by atoms with Crippen LogP contribution in [-0.2, 0) is 17.6 Å². The summed E-state index contributed by atoms with van der Waals surface area (Å²) in [4.78, 5) is 32.7. The van der Waals surface area contributed by atoms with Gasteiger partial charge in [-0.2, -0.15) is 0 Å². The highest BCUT2D eigenvalue weighted by Crippen LogP contribution is 2.27. The van der Waals surface area contributed by atoms with E-state index in [1.807, 2.05) is 38.1 Å². The molecule has 0 atom stereocenters. The van der Waals surface area contributed by atoms with Gasteiger partial charge in [-0.25, -0.2) is 9.97 Å². The maximum Gasteiger partial charge on any atom is 0.255 e. The molecule has 2 aromatic carbocycles. The maximum atomic E-state index is 12.8. The van der Waals surface area contributed by atoms with Crippen LogP contribution in [0.1, 0.15) is 34.1 Å². The predicted molar refractivity (Wildman–Crippen MR) is 113 cm³/mol. The van der Waals surface area contributed by atoms with Crippen molar-refractivity contribution >= 4 is 34.7 Å². The first-order valence-corrected chi connectivity index (χ1v) is 9.44. The third-order valence-corrected chi connectivity index (χ3v) is 4.81. The van der Waals surface area contributed by atoms with Crippen LogP contribution in [-0.4, -0.2) is 21.8 Å². The Morgan fingerprint density at radius 3 is 2.79 bits per heavy atom. The van der Waals surface area contributed by atoms with Crippen molar-refractivity contribution in [1.82, 2.24) is 9.97 Å². The minimum Gasteiger partial charge on any atom is -0.340 e. The lowest BCUT2D eigenvalue weighted by molar-refractivity contribution is -0.115. The van der Waals surface area contributed by atoms with Gasteiger partial charge in [0.25, 0.3) is 5.91 Å². The summed E-state index contributed by atoms with van der Waals surface area (Å²) in [6, 6.07) is 12.9. The Balaban J connectivity index is 1.56. The Labute approximate surface area is 168 Å². The number of carbonyl (C=O) groups is 2. The van der Waals surface area contributed by atoms with Crippen LogP contribution in [0.5, 0.6) is 0 Å². The highest BCUT2D eigenvalue weighted by atomic mass is 16.2. The fourth-order valence-corrected chi connectivity index (χ4v) is 3.31. The van der Waals surface area contributed by atoms with E-state index >= 15 is 0 Å². The fourth-order valence-electron chi connectivity index (χ4n) is 3.31. The third-order valence-electron chi connectivity index (χ3n) is 4.81. The van der Waals surface area contributed by atoms with Crippen molar-refractivity contribution in [3.63, 3.8) is 0 Å². The van der Waals surface area contributed by atoms with Crippen molar-refractivity contribution < 1.29 is 9.59 Å². The second-order valence-corrected chi connectivity index (χ2v) is 6.95. The minimum absolute atomic E-state index is 0.0513. The fraction of sp³-hybridized carbons (Fsp3) is 0.182. The summed E-state index contributed by atoms with van der Waals surface area (Å²) >= 11 is 0. The summed E-state index contributed by atoms with van der Waals surface area (Å²) in [5, 5.41) is 9.02. The molecule has 0 fully saturated rings. The molecule has 3 aromatic rings. The number of hydrogen-bond acceptors (Lipinski definition) is 5. The summed E-state index contributed by atoms with van der Waals surface area (Å²) < 4.78 is 0. The molecule has 0 unspecified atom stereocenters. The van der Waals surface area contributed by atoms with Crippen molar-refractivity contribution in [2.24, 2.45) is 0 Å². The molecule has 0 saturated carbocycles. The Kier molecular flexibility index (Phi) is 4.95. The molecule has 0 radical (unpaired) electrons. The Morgan fingerprint density at radius 1 is 1.14 bits per heavy atom. The molecule has 3 N–H and O–H groups in total. The monoisotopic (exact) mass is 387 g/mol. The predicted octanol–water partition coefficient (Wildman–Crippen LogP) is 3.84. The number of hydrogen-bond donors (Lipinski definition) is 3. The number of fused-ring (bicyclic) bond motifs is 1. The van der Waals surface area contributed by atoms with E-state index in [0.717, 1.165) is 40.3 Å². The molecule has 1 aliphatic heterocycles. The molecule has 4 rings (SSSR count). The minimum atomic E-state index is -0.211. The Hall–Kier alpha value is -3.74. The number of aromatic nitrogens is 2. The van der Waals surface area contributed by atoms with E-state index < -0.39 is 0 Å². The summed E-state index contributed by atoms with van der Waals surface area (Å²) in [5.41, 5.74) is 5.58. The van der Waals surface area contributed by atoms with Gasteiger partial charge in [0.2, 0.25) is 5.91 Å². The summed E-state index contributed by atoms with van der Waals surface area (Å²) in [6.07, 6.45) is 2.59. The smallest absolute Gasteiger partial charge is 0.255 e. The molecule has 7 nitrogen and oxygen atoms in total. The van der Waals surface area contributed by atoms with E-state index in [1.165, 1.54) is 6.33 Å². The van der Waals surface area contributed by atoms with Gasteiger partial charge in [-0.1, -0.05) is 13.0 Å². The van der Waals surface area contributed by atoms with Crippen LogP contribution in [0.4, 0.5) is 22.9 Å². The first-order valence-electron chi connectivity index (χ1n) is 9.44. The van der Waals surface area contributed by atoms with E-state index in [0.29, 0.717) is 17.8 Å². The zero-order valence-corrected chi connectivity index (χ0v) is 16.2. The van der Waals surface area contributed by atoms with Gasteiger partial charge in [-0.15, -0.1) is 0 Å². The lowest BCUT2D eigenvalue weighted by Crippen LogP contribution is -2.13. The van der Waals surface area contributed by atoms with Crippen molar-refractivity contribution in [2.45, 2.75) is 26.7 Å². The Bertz CT molecular complexity index is 1110. The summed E-state index contributed by atoms with van der Waals surface area (Å²) in [5.74, 6) is 0.427. The van der Waals surface area contributed by atoms with Crippen LogP contribution >= 0.6 is 0 Å². The molecule has 1 aliphatic rings. The number of benzene rings is 2. The van der Waals surface area contributed by atoms with Crippen LogP contribution in [0.25, 0.3) is 0 Å². The van der Waals surface area contributed by atoms with Crippen molar-refractivity contribution in [1.29, 1.82) is 0 Å². The molecule has 29 heavy (non-hydrogen) atoms. The van der Waals surface area contributed by atoms with E-state index in [4.69, 9.17) is 0 Å². The van der Waals surface area contributed by atoms with Crippen LogP contribution in [0, 0.1) is 6.92 Å². The van der Waals surface area contributed by atoms with Crippen LogP contribution in [0.3, 0.4) is 0 Å². The normalized spacial score (nSPS) is 12.3. The quantitative estimate of drug-likeness (QED) is 0.618. The largest absolute Gasteiger partial charge is 0.340 e. The van der Waals surface area contributed by atoms with Crippen molar-refractivity contribution in [2.75, 3.05) is 16.0 Å². The van der Waals surface area contributed by atoms with Crippen LogP contribution in [0.15, 0.2) is 48.8 Å². The first-order chi connectivity index (χ1) is 14.0. The Morgan fingerprint density at radius 2 is 2.00 bits per heavy atom. The molecule has 0 saturated heterocycles. The SMILES string of the molecule is CCc1ccc(Nc2cc(C)ncn2)cc1NC(=O)c1ccc2c(c1)CC(=O)N2. The molecule has 2 amide bonds. The number of aryl methyl sites for hydroxylation is 2. The topological polar surface area (TPSA) is 96.0 Å².